The van der Waals surface area contributed by atoms with E-state index in [2.05, 4.69) is 14.9 Å². The molecular formula is C10H12ClN3O. The van der Waals surface area contributed by atoms with Crippen molar-refractivity contribution in [2.75, 3.05) is 18.0 Å². The Morgan fingerprint density at radius 3 is 2.67 bits per heavy atom. The number of halogens is 1. The van der Waals surface area contributed by atoms with Crippen LogP contribution < -0.4 is 4.90 Å². The smallest absolute Gasteiger partial charge is 0.134 e. The number of aliphatic hydroxyl groups is 1. The first-order valence-electron chi connectivity index (χ1n) is 5.14. The molecule has 2 bridgehead atoms. The fourth-order valence-corrected chi connectivity index (χ4v) is 2.69. The van der Waals surface area contributed by atoms with Crippen LogP contribution >= 0.6 is 11.6 Å². The Hall–Kier alpha value is -0.870. The molecule has 1 aromatic heterocycles. The molecule has 3 fully saturated rings. The number of hydrogen-bond acceptors (Lipinski definition) is 4. The average molecular weight is 226 g/mol. The molecule has 2 atom stereocenters. The fraction of sp³-hybridized carbons (Fsp3) is 0.600. The first-order chi connectivity index (χ1) is 7.24. The highest BCUT2D eigenvalue weighted by Gasteiger charge is 2.45. The highest BCUT2D eigenvalue weighted by Crippen LogP contribution is 2.41. The lowest BCUT2D eigenvalue weighted by Crippen LogP contribution is -2.58. The van der Waals surface area contributed by atoms with E-state index >= 15 is 0 Å². The molecule has 2 unspecified atom stereocenters. The van der Waals surface area contributed by atoms with E-state index in [0.717, 1.165) is 25.3 Å². The number of aliphatic hydroxyl groups excluding tert-OH is 1. The second-order valence-corrected chi connectivity index (χ2v) is 4.74. The van der Waals surface area contributed by atoms with Gasteiger partial charge >= 0.3 is 0 Å². The predicted octanol–water partition coefficient (Wildman–Crippen LogP) is 0.947. The molecule has 2 aliphatic heterocycles. The molecule has 5 heteroatoms. The Balaban J connectivity index is 1.79. The lowest BCUT2D eigenvalue weighted by atomic mass is 9.68. The molecule has 0 radical (unpaired) electrons. The minimum absolute atomic E-state index is 0.0986. The number of fused-ring (bicyclic) bond motifs is 2. The summed E-state index contributed by atoms with van der Waals surface area (Å²) in [6.45, 7) is 1.76. The standard InChI is InChI=1S/C10H12ClN3O/c11-8-2-9(13-5-12-8)14-3-6-1-7(4-14)10(6)15/h2,5-7,10,15H,1,3-4H2. The largest absolute Gasteiger partial charge is 0.392 e. The van der Waals surface area contributed by atoms with Crippen molar-refractivity contribution < 1.29 is 5.11 Å². The topological polar surface area (TPSA) is 49.2 Å². The van der Waals surface area contributed by atoms with Gasteiger partial charge in [-0.15, -0.1) is 0 Å². The van der Waals surface area contributed by atoms with Crippen molar-refractivity contribution in [1.82, 2.24) is 9.97 Å². The van der Waals surface area contributed by atoms with Gasteiger partial charge < -0.3 is 10.0 Å². The zero-order valence-corrected chi connectivity index (χ0v) is 8.93. The van der Waals surface area contributed by atoms with E-state index in [1.165, 1.54) is 6.33 Å². The normalized spacial score (nSPS) is 33.7. The monoisotopic (exact) mass is 225 g/mol. The van der Waals surface area contributed by atoms with Gasteiger partial charge in [0.15, 0.2) is 0 Å². The third-order valence-electron chi connectivity index (χ3n) is 3.42. The molecule has 80 valence electrons. The Morgan fingerprint density at radius 1 is 1.33 bits per heavy atom. The molecule has 0 spiro atoms. The molecule has 1 aromatic rings. The molecule has 3 aliphatic rings. The van der Waals surface area contributed by atoms with Crippen LogP contribution in [0.3, 0.4) is 0 Å². The van der Waals surface area contributed by atoms with Crippen molar-refractivity contribution in [2.45, 2.75) is 12.5 Å². The van der Waals surface area contributed by atoms with E-state index in [4.69, 9.17) is 11.6 Å². The third-order valence-corrected chi connectivity index (χ3v) is 3.63. The molecule has 1 saturated carbocycles. The molecule has 1 aliphatic carbocycles. The van der Waals surface area contributed by atoms with Crippen molar-refractivity contribution in [3.63, 3.8) is 0 Å². The van der Waals surface area contributed by atoms with Crippen molar-refractivity contribution in [3.8, 4) is 0 Å². The minimum Gasteiger partial charge on any atom is -0.392 e. The molecular weight excluding hydrogens is 214 g/mol. The minimum atomic E-state index is -0.0986. The van der Waals surface area contributed by atoms with Crippen LogP contribution in [0.1, 0.15) is 6.42 Å². The predicted molar refractivity (Wildman–Crippen MR) is 56.9 cm³/mol. The van der Waals surface area contributed by atoms with Gasteiger partial charge in [-0.2, -0.15) is 0 Å². The van der Waals surface area contributed by atoms with Crippen molar-refractivity contribution >= 4 is 17.4 Å². The Bertz CT molecular complexity index is 375. The summed E-state index contributed by atoms with van der Waals surface area (Å²) < 4.78 is 0. The maximum absolute atomic E-state index is 9.66. The van der Waals surface area contributed by atoms with Crippen molar-refractivity contribution in [1.29, 1.82) is 0 Å². The van der Waals surface area contributed by atoms with Gasteiger partial charge in [0, 0.05) is 31.0 Å². The molecule has 4 rings (SSSR count). The highest BCUT2D eigenvalue weighted by molar-refractivity contribution is 6.29. The van der Waals surface area contributed by atoms with Gasteiger partial charge in [0.25, 0.3) is 0 Å². The summed E-state index contributed by atoms with van der Waals surface area (Å²) in [6.07, 6.45) is 2.53. The zero-order valence-electron chi connectivity index (χ0n) is 8.17. The maximum Gasteiger partial charge on any atom is 0.134 e. The Kier molecular flexibility index (Phi) is 2.07. The first kappa shape index (κ1) is 9.36. The average Bonchev–Trinajstić information content (AvgIpc) is 2.28. The summed E-state index contributed by atoms with van der Waals surface area (Å²) in [4.78, 5) is 10.2. The summed E-state index contributed by atoms with van der Waals surface area (Å²) in [5.74, 6) is 1.70. The molecule has 0 aromatic carbocycles. The molecule has 4 nitrogen and oxygen atoms in total. The lowest BCUT2D eigenvalue weighted by molar-refractivity contribution is -0.0533. The summed E-state index contributed by atoms with van der Waals surface area (Å²) in [5.41, 5.74) is 0. The van der Waals surface area contributed by atoms with E-state index in [-0.39, 0.29) is 6.10 Å². The van der Waals surface area contributed by atoms with E-state index < -0.39 is 0 Å². The van der Waals surface area contributed by atoms with Crippen LogP contribution in [0.25, 0.3) is 0 Å². The number of rotatable bonds is 1. The zero-order chi connectivity index (χ0) is 10.4. The van der Waals surface area contributed by atoms with E-state index in [1.807, 2.05) is 0 Å². The number of piperidine rings is 2. The summed E-state index contributed by atoms with van der Waals surface area (Å²) >= 11 is 5.81. The highest BCUT2D eigenvalue weighted by atomic mass is 35.5. The van der Waals surface area contributed by atoms with E-state index in [0.29, 0.717) is 17.0 Å². The summed E-state index contributed by atoms with van der Waals surface area (Å²) in [5, 5.41) is 10.1. The van der Waals surface area contributed by atoms with Gasteiger partial charge in [-0.1, -0.05) is 11.6 Å². The lowest BCUT2D eigenvalue weighted by Gasteiger charge is -2.51. The number of hydrogen-bond donors (Lipinski definition) is 1. The fourth-order valence-electron chi connectivity index (χ4n) is 2.55. The molecule has 2 saturated heterocycles. The maximum atomic E-state index is 9.66. The molecule has 15 heavy (non-hydrogen) atoms. The molecule has 3 heterocycles. The van der Waals surface area contributed by atoms with Crippen LogP contribution in [0.5, 0.6) is 0 Å². The number of aromatic nitrogens is 2. The SMILES string of the molecule is OC1C2CC1CN(c1cc(Cl)ncn1)C2. The van der Waals surface area contributed by atoms with E-state index in [1.54, 1.807) is 6.07 Å². The quantitative estimate of drug-likeness (QED) is 0.723. The summed E-state index contributed by atoms with van der Waals surface area (Å²) in [6, 6.07) is 1.78. The second kappa shape index (κ2) is 3.32. The second-order valence-electron chi connectivity index (χ2n) is 4.35. The van der Waals surface area contributed by atoms with Crippen LogP contribution in [-0.2, 0) is 0 Å². The summed E-state index contributed by atoms with van der Waals surface area (Å²) in [7, 11) is 0. The van der Waals surface area contributed by atoms with Gasteiger partial charge in [0.05, 0.1) is 6.10 Å². The van der Waals surface area contributed by atoms with Gasteiger partial charge in [0.1, 0.15) is 17.3 Å². The molecule has 0 amide bonds. The van der Waals surface area contributed by atoms with Gasteiger partial charge in [-0.05, 0) is 6.42 Å². The van der Waals surface area contributed by atoms with Crippen LogP contribution in [-0.4, -0.2) is 34.3 Å². The number of anilines is 1. The van der Waals surface area contributed by atoms with Crippen molar-refractivity contribution in [2.24, 2.45) is 11.8 Å². The van der Waals surface area contributed by atoms with Gasteiger partial charge in [-0.25, -0.2) is 9.97 Å². The molecule has 1 N–H and O–H groups in total. The van der Waals surface area contributed by atoms with Gasteiger partial charge in [0.2, 0.25) is 0 Å². The Morgan fingerprint density at radius 2 is 2.07 bits per heavy atom. The van der Waals surface area contributed by atoms with Crippen LogP contribution in [0.15, 0.2) is 12.4 Å². The van der Waals surface area contributed by atoms with E-state index in [9.17, 15) is 5.11 Å². The van der Waals surface area contributed by atoms with Crippen LogP contribution in [0, 0.1) is 11.8 Å². The third kappa shape index (κ3) is 1.48. The first-order valence-corrected chi connectivity index (χ1v) is 5.52. The van der Waals surface area contributed by atoms with Crippen LogP contribution in [0.4, 0.5) is 5.82 Å². The van der Waals surface area contributed by atoms with Gasteiger partial charge in [-0.3, -0.25) is 0 Å². The number of nitrogens with zero attached hydrogens (tertiary/aromatic N) is 3. The van der Waals surface area contributed by atoms with Crippen LogP contribution in [0.2, 0.25) is 5.15 Å². The Labute approximate surface area is 92.9 Å². The van der Waals surface area contributed by atoms with Crippen molar-refractivity contribution in [3.05, 3.63) is 17.5 Å².